The number of nitrogens with zero attached hydrogens (tertiary/aromatic N) is 3. The van der Waals surface area contributed by atoms with Crippen LogP contribution in [0, 0.1) is 20.2 Å². The van der Waals surface area contributed by atoms with Crippen LogP contribution in [0.2, 0.25) is 0 Å². The molecule has 0 amide bonds. The van der Waals surface area contributed by atoms with Crippen LogP contribution in [-0.4, -0.2) is 27.8 Å². The fraction of sp³-hybridized carbons (Fsp3) is 0.250. The highest BCUT2D eigenvalue weighted by molar-refractivity contribution is 5.49. The van der Waals surface area contributed by atoms with Crippen molar-refractivity contribution >= 4 is 11.4 Å². The summed E-state index contributed by atoms with van der Waals surface area (Å²) in [6.07, 6.45) is 0.614. The Hall–Kier alpha value is -3.78. The van der Waals surface area contributed by atoms with E-state index in [9.17, 15) is 20.2 Å². The Balaban J connectivity index is 1.64. The minimum Gasteiger partial charge on any atom is -0.482 e. The van der Waals surface area contributed by atoms with E-state index in [1.54, 1.807) is 24.3 Å². The van der Waals surface area contributed by atoms with E-state index in [0.717, 1.165) is 23.2 Å². The Morgan fingerprint density at radius 1 is 0.844 bits per heavy atom. The van der Waals surface area contributed by atoms with Crippen LogP contribution in [0.25, 0.3) is 0 Å². The molecule has 0 unspecified atom stereocenters. The van der Waals surface area contributed by atoms with Crippen molar-refractivity contribution in [2.75, 3.05) is 13.1 Å². The summed E-state index contributed by atoms with van der Waals surface area (Å²) in [5.41, 5.74) is 2.64. The minimum absolute atomic E-state index is 0.0554. The van der Waals surface area contributed by atoms with Gasteiger partial charge in [-0.1, -0.05) is 55.5 Å². The lowest BCUT2D eigenvalue weighted by Gasteiger charge is -2.20. The molecular weight excluding hydrogens is 410 g/mol. The number of benzene rings is 3. The highest BCUT2D eigenvalue weighted by Gasteiger charge is 2.17. The van der Waals surface area contributed by atoms with Gasteiger partial charge in [0.15, 0.2) is 5.75 Å². The van der Waals surface area contributed by atoms with E-state index in [4.69, 9.17) is 4.74 Å². The van der Waals surface area contributed by atoms with Gasteiger partial charge in [-0.2, -0.15) is 0 Å². The number of hydrogen-bond acceptors (Lipinski definition) is 6. The standard InChI is InChI=1S/C24H25N3O5/c1-2-25(17-21-9-6-10-22(15-21)26(28)29)14-13-19-11-12-24(23(16-19)27(30)31)32-18-20-7-4-3-5-8-20/h3-12,15-16H,2,13-14,17-18H2,1H3. The Labute approximate surface area is 186 Å². The van der Waals surface area contributed by atoms with Crippen LogP contribution in [0.5, 0.6) is 5.75 Å². The van der Waals surface area contributed by atoms with Gasteiger partial charge in [0.2, 0.25) is 0 Å². The van der Waals surface area contributed by atoms with E-state index in [0.29, 0.717) is 19.5 Å². The zero-order valence-corrected chi connectivity index (χ0v) is 17.8. The van der Waals surface area contributed by atoms with Crippen LogP contribution in [-0.2, 0) is 19.6 Å². The van der Waals surface area contributed by atoms with Crippen LogP contribution >= 0.6 is 0 Å². The first-order valence-corrected chi connectivity index (χ1v) is 10.4. The number of likely N-dealkylation sites (N-methyl/N-ethyl adjacent to an activating group) is 1. The molecule has 0 saturated carbocycles. The fourth-order valence-corrected chi connectivity index (χ4v) is 3.38. The van der Waals surface area contributed by atoms with Crippen LogP contribution in [0.4, 0.5) is 11.4 Å². The summed E-state index contributed by atoms with van der Waals surface area (Å²) in [6.45, 7) is 4.26. The first-order valence-electron chi connectivity index (χ1n) is 10.4. The molecule has 0 spiro atoms. The topological polar surface area (TPSA) is 98.8 Å². The lowest BCUT2D eigenvalue weighted by atomic mass is 10.1. The van der Waals surface area contributed by atoms with Gasteiger partial charge in [0.25, 0.3) is 5.69 Å². The third kappa shape index (κ3) is 6.36. The van der Waals surface area contributed by atoms with E-state index in [1.165, 1.54) is 6.07 Å². The molecule has 0 fully saturated rings. The second kappa shape index (κ2) is 11.0. The van der Waals surface area contributed by atoms with Crippen molar-refractivity contribution in [3.05, 3.63) is 110 Å². The molecule has 8 nitrogen and oxygen atoms in total. The van der Waals surface area contributed by atoms with Crippen molar-refractivity contribution in [2.24, 2.45) is 0 Å². The number of nitro benzene ring substituents is 2. The first kappa shape index (κ1) is 22.9. The average molecular weight is 435 g/mol. The molecule has 0 aliphatic heterocycles. The molecule has 32 heavy (non-hydrogen) atoms. The summed E-state index contributed by atoms with van der Waals surface area (Å²) >= 11 is 0. The van der Waals surface area contributed by atoms with Crippen LogP contribution in [0.3, 0.4) is 0 Å². The van der Waals surface area contributed by atoms with Crippen molar-refractivity contribution in [1.29, 1.82) is 0 Å². The molecule has 0 heterocycles. The second-order valence-electron chi connectivity index (χ2n) is 7.38. The van der Waals surface area contributed by atoms with Gasteiger partial charge < -0.3 is 4.74 Å². The zero-order chi connectivity index (χ0) is 22.9. The van der Waals surface area contributed by atoms with E-state index >= 15 is 0 Å². The highest BCUT2D eigenvalue weighted by atomic mass is 16.6. The summed E-state index contributed by atoms with van der Waals surface area (Å²) in [7, 11) is 0. The molecule has 0 bridgehead atoms. The van der Waals surface area contributed by atoms with Gasteiger partial charge in [-0.15, -0.1) is 0 Å². The quantitative estimate of drug-likeness (QED) is 0.305. The molecular formula is C24H25N3O5. The fourth-order valence-electron chi connectivity index (χ4n) is 3.38. The summed E-state index contributed by atoms with van der Waals surface area (Å²) in [5, 5.41) is 22.6. The van der Waals surface area contributed by atoms with Crippen LogP contribution in [0.15, 0.2) is 72.8 Å². The molecule has 8 heteroatoms. The van der Waals surface area contributed by atoms with Gasteiger partial charge in [-0.05, 0) is 35.7 Å². The number of nitro groups is 2. The maximum absolute atomic E-state index is 11.6. The van der Waals surface area contributed by atoms with Crippen molar-refractivity contribution in [2.45, 2.75) is 26.5 Å². The lowest BCUT2D eigenvalue weighted by molar-refractivity contribution is -0.386. The molecule has 166 valence electrons. The Kier molecular flexibility index (Phi) is 7.88. The normalized spacial score (nSPS) is 10.8. The minimum atomic E-state index is -0.426. The van der Waals surface area contributed by atoms with Crippen molar-refractivity contribution < 1.29 is 14.6 Å². The Morgan fingerprint density at radius 2 is 1.59 bits per heavy atom. The van der Waals surface area contributed by atoms with Gasteiger partial charge >= 0.3 is 5.69 Å². The van der Waals surface area contributed by atoms with Crippen molar-refractivity contribution in [3.8, 4) is 5.75 Å². The summed E-state index contributed by atoms with van der Waals surface area (Å²) in [5.74, 6) is 0.242. The van der Waals surface area contributed by atoms with Gasteiger partial charge in [0.05, 0.1) is 9.85 Å². The Bertz CT molecular complexity index is 1070. The third-order valence-electron chi connectivity index (χ3n) is 5.15. The number of rotatable bonds is 11. The van der Waals surface area contributed by atoms with E-state index < -0.39 is 9.85 Å². The van der Waals surface area contributed by atoms with Gasteiger partial charge in [-0.3, -0.25) is 25.1 Å². The van der Waals surface area contributed by atoms with Gasteiger partial charge in [0, 0.05) is 31.3 Å². The SMILES string of the molecule is CCN(CCc1ccc(OCc2ccccc2)c([N+](=O)[O-])c1)Cc1cccc([N+](=O)[O-])c1. The average Bonchev–Trinajstić information content (AvgIpc) is 2.81. The largest absolute Gasteiger partial charge is 0.482 e. The predicted octanol–water partition coefficient (Wildman–Crippen LogP) is 5.15. The Morgan fingerprint density at radius 3 is 2.28 bits per heavy atom. The zero-order valence-electron chi connectivity index (χ0n) is 17.8. The second-order valence-corrected chi connectivity index (χ2v) is 7.38. The van der Waals surface area contributed by atoms with E-state index in [2.05, 4.69) is 4.90 Å². The molecule has 0 aliphatic rings. The number of non-ortho nitro benzene ring substituents is 1. The van der Waals surface area contributed by atoms with E-state index in [1.807, 2.05) is 49.4 Å². The molecule has 3 aromatic carbocycles. The van der Waals surface area contributed by atoms with E-state index in [-0.39, 0.29) is 23.7 Å². The molecule has 0 N–H and O–H groups in total. The highest BCUT2D eigenvalue weighted by Crippen LogP contribution is 2.29. The molecule has 0 aliphatic carbocycles. The van der Waals surface area contributed by atoms with Crippen LogP contribution in [0.1, 0.15) is 23.6 Å². The molecule has 0 saturated heterocycles. The lowest BCUT2D eigenvalue weighted by Crippen LogP contribution is -2.25. The molecule has 3 rings (SSSR count). The molecule has 3 aromatic rings. The van der Waals surface area contributed by atoms with Crippen LogP contribution < -0.4 is 4.74 Å². The monoisotopic (exact) mass is 435 g/mol. The predicted molar refractivity (Wildman–Crippen MR) is 122 cm³/mol. The van der Waals surface area contributed by atoms with Crippen molar-refractivity contribution in [3.63, 3.8) is 0 Å². The van der Waals surface area contributed by atoms with Crippen molar-refractivity contribution in [1.82, 2.24) is 4.90 Å². The first-order chi connectivity index (χ1) is 15.5. The summed E-state index contributed by atoms with van der Waals surface area (Å²) < 4.78 is 5.69. The smallest absolute Gasteiger partial charge is 0.311 e. The molecule has 0 radical (unpaired) electrons. The molecule has 0 atom stereocenters. The maximum Gasteiger partial charge on any atom is 0.311 e. The maximum atomic E-state index is 11.6. The van der Waals surface area contributed by atoms with Gasteiger partial charge in [0.1, 0.15) is 6.61 Å². The number of hydrogen-bond donors (Lipinski definition) is 0. The molecule has 0 aromatic heterocycles. The number of ether oxygens (including phenoxy) is 1. The summed E-state index contributed by atoms with van der Waals surface area (Å²) in [4.78, 5) is 23.9. The van der Waals surface area contributed by atoms with Gasteiger partial charge in [-0.25, -0.2) is 0 Å². The summed E-state index contributed by atoms with van der Waals surface area (Å²) in [6, 6.07) is 21.1. The third-order valence-corrected chi connectivity index (χ3v) is 5.15.